The third kappa shape index (κ3) is 3.03. The van der Waals surface area contributed by atoms with Gasteiger partial charge in [0.25, 0.3) is 5.91 Å². The van der Waals surface area contributed by atoms with Crippen LogP contribution < -0.4 is 4.74 Å². The molecular weight excluding hydrogens is 262 g/mol. The van der Waals surface area contributed by atoms with Gasteiger partial charge in [0.1, 0.15) is 5.75 Å². The summed E-state index contributed by atoms with van der Waals surface area (Å²) in [6.07, 6.45) is 0.850. The Balaban J connectivity index is 2.22. The molecule has 4 heteroatoms. The number of hydrogen-bond acceptors (Lipinski definition) is 2. The van der Waals surface area contributed by atoms with Gasteiger partial charge in [-0.05, 0) is 31.4 Å². The molecule has 3 nitrogen and oxygen atoms in total. The SMILES string of the molecule is COc1ccc(C)cc1C(=O)N1CCC(Cl)C(C)C1. The maximum Gasteiger partial charge on any atom is 0.257 e. The second-order valence-corrected chi connectivity index (χ2v) is 5.80. The normalized spacial score (nSPS) is 23.3. The number of rotatable bonds is 2. The topological polar surface area (TPSA) is 29.5 Å². The number of alkyl halides is 1. The first-order valence-electron chi connectivity index (χ1n) is 6.61. The lowest BCUT2D eigenvalue weighted by Gasteiger charge is -2.34. The van der Waals surface area contributed by atoms with E-state index in [-0.39, 0.29) is 11.3 Å². The Bertz CT molecular complexity index is 475. The van der Waals surface area contributed by atoms with Crippen molar-refractivity contribution < 1.29 is 9.53 Å². The van der Waals surface area contributed by atoms with E-state index in [2.05, 4.69) is 6.92 Å². The molecule has 104 valence electrons. The van der Waals surface area contributed by atoms with Gasteiger partial charge >= 0.3 is 0 Å². The molecule has 2 atom stereocenters. The number of nitrogens with zero attached hydrogens (tertiary/aromatic N) is 1. The number of methoxy groups -OCH3 is 1. The molecule has 19 heavy (non-hydrogen) atoms. The Morgan fingerprint density at radius 1 is 1.47 bits per heavy atom. The number of carbonyl (C=O) groups is 1. The Labute approximate surface area is 119 Å². The van der Waals surface area contributed by atoms with Gasteiger partial charge in [-0.1, -0.05) is 18.6 Å². The van der Waals surface area contributed by atoms with Crippen molar-refractivity contribution in [2.45, 2.75) is 25.6 Å². The number of amides is 1. The fourth-order valence-electron chi connectivity index (χ4n) is 2.46. The van der Waals surface area contributed by atoms with Gasteiger partial charge in [0, 0.05) is 18.5 Å². The Hall–Kier alpha value is -1.22. The van der Waals surface area contributed by atoms with Gasteiger partial charge in [-0.15, -0.1) is 11.6 Å². The highest BCUT2D eigenvalue weighted by molar-refractivity contribution is 6.20. The van der Waals surface area contributed by atoms with Crippen molar-refractivity contribution >= 4 is 17.5 Å². The van der Waals surface area contributed by atoms with Gasteiger partial charge in [0.2, 0.25) is 0 Å². The molecule has 1 heterocycles. The maximum atomic E-state index is 12.6. The Morgan fingerprint density at radius 2 is 2.21 bits per heavy atom. The predicted molar refractivity (Wildman–Crippen MR) is 77.1 cm³/mol. The van der Waals surface area contributed by atoms with Crippen LogP contribution in [0.3, 0.4) is 0 Å². The maximum absolute atomic E-state index is 12.6. The smallest absolute Gasteiger partial charge is 0.257 e. The van der Waals surface area contributed by atoms with Crippen molar-refractivity contribution in [1.29, 1.82) is 0 Å². The molecule has 0 aromatic heterocycles. The molecule has 2 unspecified atom stereocenters. The summed E-state index contributed by atoms with van der Waals surface area (Å²) in [5, 5.41) is 0.170. The predicted octanol–water partition coefficient (Wildman–Crippen LogP) is 3.09. The minimum atomic E-state index is 0.0379. The summed E-state index contributed by atoms with van der Waals surface area (Å²) < 4.78 is 5.29. The number of piperidine rings is 1. The van der Waals surface area contributed by atoms with Crippen LogP contribution in [0.4, 0.5) is 0 Å². The fourth-order valence-corrected chi connectivity index (χ4v) is 2.64. The number of hydrogen-bond donors (Lipinski definition) is 0. The second kappa shape index (κ2) is 5.83. The molecule has 0 bridgehead atoms. The molecule has 0 radical (unpaired) electrons. The molecule has 1 fully saturated rings. The van der Waals surface area contributed by atoms with Crippen LogP contribution in [0, 0.1) is 12.8 Å². The summed E-state index contributed by atoms with van der Waals surface area (Å²) in [4.78, 5) is 14.5. The minimum Gasteiger partial charge on any atom is -0.496 e. The highest BCUT2D eigenvalue weighted by atomic mass is 35.5. The van der Waals surface area contributed by atoms with Crippen LogP contribution in [0.1, 0.15) is 29.3 Å². The summed E-state index contributed by atoms with van der Waals surface area (Å²) in [6.45, 7) is 5.49. The van der Waals surface area contributed by atoms with Crippen molar-refractivity contribution in [2.75, 3.05) is 20.2 Å². The lowest BCUT2D eigenvalue weighted by atomic mass is 9.98. The van der Waals surface area contributed by atoms with E-state index in [1.807, 2.05) is 30.0 Å². The van der Waals surface area contributed by atoms with Crippen molar-refractivity contribution in [3.05, 3.63) is 29.3 Å². The second-order valence-electron chi connectivity index (χ2n) is 5.24. The van der Waals surface area contributed by atoms with Crippen LogP contribution >= 0.6 is 11.6 Å². The Morgan fingerprint density at radius 3 is 2.84 bits per heavy atom. The zero-order valence-corrected chi connectivity index (χ0v) is 12.4. The Kier molecular flexibility index (Phi) is 4.35. The van der Waals surface area contributed by atoms with E-state index in [1.165, 1.54) is 0 Å². The number of aryl methyl sites for hydroxylation is 1. The highest BCUT2D eigenvalue weighted by Gasteiger charge is 2.29. The molecule has 2 rings (SSSR count). The first-order valence-corrected chi connectivity index (χ1v) is 7.04. The largest absolute Gasteiger partial charge is 0.496 e. The zero-order chi connectivity index (χ0) is 14.0. The average Bonchev–Trinajstić information content (AvgIpc) is 2.41. The molecule has 1 aliphatic rings. The fraction of sp³-hybridized carbons (Fsp3) is 0.533. The molecule has 1 aliphatic heterocycles. The van der Waals surface area contributed by atoms with E-state index in [4.69, 9.17) is 16.3 Å². The number of ether oxygens (including phenoxy) is 1. The molecular formula is C15H20ClNO2. The molecule has 0 aliphatic carbocycles. The van der Waals surface area contributed by atoms with Gasteiger partial charge in [-0.25, -0.2) is 0 Å². The summed E-state index contributed by atoms with van der Waals surface area (Å²) >= 11 is 6.20. The lowest BCUT2D eigenvalue weighted by molar-refractivity contribution is 0.0683. The molecule has 1 aromatic rings. The van der Waals surface area contributed by atoms with Crippen LogP contribution in [0.5, 0.6) is 5.75 Å². The van der Waals surface area contributed by atoms with E-state index >= 15 is 0 Å². The van der Waals surface area contributed by atoms with Crippen LogP contribution in [0.15, 0.2) is 18.2 Å². The van der Waals surface area contributed by atoms with Gasteiger partial charge in [0.15, 0.2) is 0 Å². The van der Waals surface area contributed by atoms with E-state index in [9.17, 15) is 4.79 Å². The first kappa shape index (κ1) is 14.2. The highest BCUT2D eigenvalue weighted by Crippen LogP contribution is 2.26. The molecule has 1 saturated heterocycles. The molecule has 1 aromatic carbocycles. The third-order valence-electron chi connectivity index (χ3n) is 3.67. The lowest BCUT2D eigenvalue weighted by Crippen LogP contribution is -2.43. The standard InChI is InChI=1S/C15H20ClNO2/c1-10-4-5-14(19-3)12(8-10)15(18)17-7-6-13(16)11(2)9-17/h4-5,8,11,13H,6-7,9H2,1-3H3. The van der Waals surface area contributed by atoms with E-state index in [1.54, 1.807) is 7.11 Å². The third-order valence-corrected chi connectivity index (χ3v) is 4.32. The molecule has 0 saturated carbocycles. The first-order chi connectivity index (χ1) is 9.02. The summed E-state index contributed by atoms with van der Waals surface area (Å²) in [7, 11) is 1.59. The van der Waals surface area contributed by atoms with Crippen molar-refractivity contribution in [1.82, 2.24) is 4.90 Å². The van der Waals surface area contributed by atoms with Crippen LogP contribution in [-0.2, 0) is 0 Å². The quantitative estimate of drug-likeness (QED) is 0.780. The van der Waals surface area contributed by atoms with Crippen molar-refractivity contribution in [3.63, 3.8) is 0 Å². The summed E-state index contributed by atoms with van der Waals surface area (Å²) in [6, 6.07) is 5.68. The molecule has 1 amide bonds. The van der Waals surface area contributed by atoms with Gasteiger partial charge < -0.3 is 9.64 Å². The molecule has 0 spiro atoms. The number of halogens is 1. The van der Waals surface area contributed by atoms with Crippen LogP contribution in [0.2, 0.25) is 0 Å². The van der Waals surface area contributed by atoms with E-state index in [0.717, 1.165) is 12.0 Å². The van der Waals surface area contributed by atoms with Gasteiger partial charge in [-0.3, -0.25) is 4.79 Å². The average molecular weight is 282 g/mol. The van der Waals surface area contributed by atoms with Crippen molar-refractivity contribution in [2.24, 2.45) is 5.92 Å². The van der Waals surface area contributed by atoms with Crippen LogP contribution in [-0.4, -0.2) is 36.4 Å². The summed E-state index contributed by atoms with van der Waals surface area (Å²) in [5.74, 6) is 1.00. The number of likely N-dealkylation sites (tertiary alicyclic amines) is 1. The van der Waals surface area contributed by atoms with Crippen LogP contribution in [0.25, 0.3) is 0 Å². The monoisotopic (exact) mass is 281 g/mol. The molecule has 0 N–H and O–H groups in total. The number of benzene rings is 1. The van der Waals surface area contributed by atoms with Gasteiger partial charge in [-0.2, -0.15) is 0 Å². The van der Waals surface area contributed by atoms with E-state index in [0.29, 0.717) is 30.3 Å². The summed E-state index contributed by atoms with van der Waals surface area (Å²) in [5.41, 5.74) is 1.70. The number of carbonyl (C=O) groups excluding carboxylic acids is 1. The minimum absolute atomic E-state index is 0.0379. The van der Waals surface area contributed by atoms with E-state index < -0.39 is 0 Å². The zero-order valence-electron chi connectivity index (χ0n) is 11.6. The van der Waals surface area contributed by atoms with Gasteiger partial charge in [0.05, 0.1) is 12.7 Å². The van der Waals surface area contributed by atoms with Crippen molar-refractivity contribution in [3.8, 4) is 5.75 Å².